The molecule has 0 aliphatic carbocycles. The molecule has 2 N–H and O–H groups in total. The van der Waals surface area contributed by atoms with Crippen LogP contribution in [-0.2, 0) is 20.8 Å². The molecule has 1 aromatic carbocycles. The van der Waals surface area contributed by atoms with Gasteiger partial charge in [-0.05, 0) is 11.6 Å². The van der Waals surface area contributed by atoms with Crippen LogP contribution in [0.25, 0.3) is 10.9 Å². The maximum absolute atomic E-state index is 12.0. The van der Waals surface area contributed by atoms with E-state index in [0.717, 1.165) is 27.6 Å². The van der Waals surface area contributed by atoms with E-state index < -0.39 is 35.8 Å². The highest BCUT2D eigenvalue weighted by Crippen LogP contribution is 2.20. The molecule has 1 fully saturated rings. The van der Waals surface area contributed by atoms with Crippen LogP contribution in [-0.4, -0.2) is 53.0 Å². The first kappa shape index (κ1) is 17.3. The monoisotopic (exact) mass is 355 g/mol. The zero-order valence-electron chi connectivity index (χ0n) is 13.8. The molecule has 9 heteroatoms. The number of aromatic nitrogens is 1. The minimum atomic E-state index is -1.43. The summed E-state index contributed by atoms with van der Waals surface area (Å²) in [7, 11) is 1.22. The molecule has 2 atom stereocenters. The van der Waals surface area contributed by atoms with Gasteiger partial charge in [-0.15, -0.1) is 0 Å². The van der Waals surface area contributed by atoms with Crippen LogP contribution < -0.4 is 10.4 Å². The van der Waals surface area contributed by atoms with Crippen LogP contribution in [0.5, 0.6) is 0 Å². The lowest BCUT2D eigenvalue weighted by Gasteiger charge is -2.25. The quantitative estimate of drug-likeness (QED) is 0.536. The molecule has 2 heterocycles. The summed E-state index contributed by atoms with van der Waals surface area (Å²) in [5, 5.41) is 14.3. The van der Waals surface area contributed by atoms with Gasteiger partial charge in [0.15, 0.2) is 5.92 Å². The maximum atomic E-state index is 12.0. The van der Waals surface area contributed by atoms with Crippen molar-refractivity contribution >= 4 is 40.9 Å². The van der Waals surface area contributed by atoms with Crippen molar-refractivity contribution in [3.05, 3.63) is 36.0 Å². The van der Waals surface area contributed by atoms with Crippen molar-refractivity contribution in [2.24, 2.45) is 10.9 Å². The number of rotatable bonds is 5. The zero-order valence-corrected chi connectivity index (χ0v) is 13.8. The Bertz CT molecular complexity index is 932. The van der Waals surface area contributed by atoms with Gasteiger partial charge < -0.3 is 14.9 Å². The number of carbonyl (C=O) groups excluding carboxylic acids is 4. The lowest BCUT2D eigenvalue weighted by Crippen LogP contribution is -2.56. The first-order valence-corrected chi connectivity index (χ1v) is 7.80. The standard InChI is InChI=1S/C17H16N4O5/c1-21-15(23)11(14(22)20-17(21)26)8-19-13(16(24)25)6-9-7-18-12-5-3-2-4-10(9)12/h2-5,7-8,11,13,18H,6H2,1H3,(H,24,25)(H,20,22,26)/p-1/t11-,13+/m0/s1. The van der Waals surface area contributed by atoms with Gasteiger partial charge in [-0.2, -0.15) is 0 Å². The number of aliphatic carboxylic acids is 1. The average Bonchev–Trinajstić information content (AvgIpc) is 3.01. The van der Waals surface area contributed by atoms with Crippen molar-refractivity contribution in [3.8, 4) is 0 Å². The molecule has 26 heavy (non-hydrogen) atoms. The lowest BCUT2D eigenvalue weighted by molar-refractivity contribution is -0.307. The van der Waals surface area contributed by atoms with E-state index in [2.05, 4.69) is 9.98 Å². The van der Waals surface area contributed by atoms with Gasteiger partial charge in [0.25, 0.3) is 0 Å². The van der Waals surface area contributed by atoms with E-state index in [1.807, 2.05) is 29.6 Å². The second-order valence-corrected chi connectivity index (χ2v) is 5.87. The number of hydrogen-bond donors (Lipinski definition) is 2. The normalized spacial score (nSPS) is 19.2. The van der Waals surface area contributed by atoms with Crippen molar-refractivity contribution in [1.29, 1.82) is 0 Å². The fourth-order valence-electron chi connectivity index (χ4n) is 2.71. The third-order valence-electron chi connectivity index (χ3n) is 4.19. The molecule has 0 spiro atoms. The predicted molar refractivity (Wildman–Crippen MR) is 89.1 cm³/mol. The highest BCUT2D eigenvalue weighted by molar-refractivity contribution is 6.23. The fourth-order valence-corrected chi connectivity index (χ4v) is 2.71. The summed E-state index contributed by atoms with van der Waals surface area (Å²) in [6.45, 7) is 0. The number of H-pyrrole nitrogens is 1. The SMILES string of the molecule is CN1C(=O)NC(=O)[C@H](C=N[C@H](Cc2c[nH]c3ccccc23)C(=O)[O-])C1=O. The number of benzene rings is 1. The van der Waals surface area contributed by atoms with Crippen LogP contribution in [0.1, 0.15) is 5.56 Å². The number of nitrogens with one attached hydrogen (secondary N) is 2. The molecule has 4 amide bonds. The Morgan fingerprint density at radius 1 is 1.35 bits per heavy atom. The van der Waals surface area contributed by atoms with Crippen LogP contribution in [0.15, 0.2) is 35.5 Å². The maximum Gasteiger partial charge on any atom is 0.330 e. The second kappa shape index (κ2) is 6.79. The largest absolute Gasteiger partial charge is 0.548 e. The fraction of sp³-hybridized carbons (Fsp3) is 0.235. The number of amides is 4. The third-order valence-corrected chi connectivity index (χ3v) is 4.19. The molecule has 1 aliphatic heterocycles. The number of fused-ring (bicyclic) bond motifs is 1. The molecule has 134 valence electrons. The number of carboxylic acid groups (broad SMARTS) is 1. The number of barbiturate groups is 1. The van der Waals surface area contributed by atoms with Crippen molar-refractivity contribution in [3.63, 3.8) is 0 Å². The number of aromatic amines is 1. The summed E-state index contributed by atoms with van der Waals surface area (Å²) in [6, 6.07) is 5.26. The van der Waals surface area contributed by atoms with E-state index in [4.69, 9.17) is 0 Å². The molecule has 9 nitrogen and oxygen atoms in total. The highest BCUT2D eigenvalue weighted by Gasteiger charge is 2.37. The Morgan fingerprint density at radius 2 is 2.08 bits per heavy atom. The van der Waals surface area contributed by atoms with Gasteiger partial charge in [0.1, 0.15) is 0 Å². The molecule has 0 saturated carbocycles. The van der Waals surface area contributed by atoms with Crippen molar-refractivity contribution in [2.45, 2.75) is 12.5 Å². The summed E-state index contributed by atoms with van der Waals surface area (Å²) >= 11 is 0. The number of para-hydroxylation sites is 1. The van der Waals surface area contributed by atoms with Crippen LogP contribution in [0, 0.1) is 5.92 Å². The second-order valence-electron chi connectivity index (χ2n) is 5.87. The van der Waals surface area contributed by atoms with Crippen LogP contribution >= 0.6 is 0 Å². The minimum Gasteiger partial charge on any atom is -0.548 e. The molecule has 3 rings (SSSR count). The van der Waals surface area contributed by atoms with Gasteiger partial charge in [-0.3, -0.25) is 24.8 Å². The van der Waals surface area contributed by atoms with Crippen LogP contribution in [0.2, 0.25) is 0 Å². The molecule has 1 saturated heterocycles. The molecule has 0 bridgehead atoms. The van der Waals surface area contributed by atoms with E-state index in [0.29, 0.717) is 0 Å². The van der Waals surface area contributed by atoms with E-state index in [9.17, 15) is 24.3 Å². The number of nitrogens with zero attached hydrogens (tertiary/aromatic N) is 2. The first-order valence-electron chi connectivity index (χ1n) is 7.80. The van der Waals surface area contributed by atoms with E-state index >= 15 is 0 Å². The number of aliphatic imine (C=N–C) groups is 1. The number of hydrogen-bond acceptors (Lipinski definition) is 6. The Hall–Kier alpha value is -3.49. The average molecular weight is 355 g/mol. The smallest absolute Gasteiger partial charge is 0.330 e. The number of urea groups is 1. The molecular weight excluding hydrogens is 340 g/mol. The lowest BCUT2D eigenvalue weighted by atomic mass is 10.0. The predicted octanol–water partition coefficient (Wildman–Crippen LogP) is -0.776. The van der Waals surface area contributed by atoms with E-state index in [-0.39, 0.29) is 6.42 Å². The molecule has 1 aromatic heterocycles. The van der Waals surface area contributed by atoms with Gasteiger partial charge in [-0.25, -0.2) is 4.79 Å². The summed E-state index contributed by atoms with van der Waals surface area (Å²) in [6.07, 6.45) is 2.66. The molecule has 0 unspecified atom stereocenters. The third kappa shape index (κ3) is 3.18. The minimum absolute atomic E-state index is 0.0279. The Balaban J connectivity index is 1.81. The highest BCUT2D eigenvalue weighted by atomic mass is 16.4. The summed E-state index contributed by atoms with van der Waals surface area (Å²) < 4.78 is 0. The van der Waals surface area contributed by atoms with Gasteiger partial charge in [0.2, 0.25) is 11.8 Å². The van der Waals surface area contributed by atoms with Crippen molar-refractivity contribution in [2.75, 3.05) is 7.05 Å². The topological polar surface area (TPSA) is 135 Å². The zero-order chi connectivity index (χ0) is 18.8. The van der Waals surface area contributed by atoms with Crippen molar-refractivity contribution < 1.29 is 24.3 Å². The Kier molecular flexibility index (Phi) is 4.53. The van der Waals surface area contributed by atoms with Gasteiger partial charge in [0, 0.05) is 36.8 Å². The first-order chi connectivity index (χ1) is 12.4. The van der Waals surface area contributed by atoms with E-state index in [1.165, 1.54) is 7.05 Å². The molecule has 0 radical (unpaired) electrons. The van der Waals surface area contributed by atoms with Gasteiger partial charge in [0.05, 0.1) is 12.0 Å². The number of carbonyl (C=O) groups is 4. The van der Waals surface area contributed by atoms with Gasteiger partial charge >= 0.3 is 6.03 Å². The summed E-state index contributed by atoms with van der Waals surface area (Å²) in [4.78, 5) is 54.2. The van der Waals surface area contributed by atoms with Crippen LogP contribution in [0.3, 0.4) is 0 Å². The molecular formula is C17H15N4O5-. The summed E-state index contributed by atoms with van der Waals surface area (Å²) in [5.74, 6) is -4.40. The van der Waals surface area contributed by atoms with Crippen molar-refractivity contribution in [1.82, 2.24) is 15.2 Å². The van der Waals surface area contributed by atoms with Crippen LogP contribution in [0.4, 0.5) is 4.79 Å². The number of imide groups is 2. The molecule has 2 aromatic rings. The van der Waals surface area contributed by atoms with E-state index in [1.54, 1.807) is 6.20 Å². The van der Waals surface area contributed by atoms with Gasteiger partial charge in [-0.1, -0.05) is 18.2 Å². The number of carboxylic acids is 1. The molecule has 1 aliphatic rings. The summed E-state index contributed by atoms with van der Waals surface area (Å²) in [5.41, 5.74) is 1.57. The Morgan fingerprint density at radius 3 is 2.81 bits per heavy atom. The Labute approximate surface area is 147 Å².